The molecule has 0 atom stereocenters. The van der Waals surface area contributed by atoms with Crippen molar-refractivity contribution < 1.29 is 13.3 Å². The first-order valence-electron chi connectivity index (χ1n) is 30.0. The minimum absolute atomic E-state index is 0.750. The topological polar surface area (TPSA) is 117 Å². The largest absolute Gasteiger partial charge is 0.456 e. The van der Waals surface area contributed by atoms with Gasteiger partial charge in [-0.2, -0.15) is 0 Å². The Labute approximate surface area is 519 Å². The summed E-state index contributed by atoms with van der Waals surface area (Å²) in [6.07, 6.45) is 0. The highest BCUT2D eigenvalue weighted by atomic mass is 16.3. The maximum absolute atomic E-state index is 5.98. The van der Waals surface area contributed by atoms with Crippen LogP contribution in [0.2, 0.25) is 0 Å². The maximum Gasteiger partial charge on any atom is 0.135 e. The lowest BCUT2D eigenvalue weighted by Gasteiger charge is -2.09. The highest BCUT2D eigenvalue weighted by Gasteiger charge is 2.16. The Bertz CT molecular complexity index is 5460. The van der Waals surface area contributed by atoms with Gasteiger partial charge in [-0.3, -0.25) is 0 Å². The average Bonchev–Trinajstić information content (AvgIpc) is 1.83. The molecule has 0 unspecified atom stereocenters. The van der Waals surface area contributed by atoms with Crippen molar-refractivity contribution in [2.75, 3.05) is 0 Å². The maximum atomic E-state index is 5.98. The number of aromatic nitrogens is 6. The van der Waals surface area contributed by atoms with Crippen molar-refractivity contribution in [3.8, 4) is 89.8 Å². The van der Waals surface area contributed by atoms with E-state index < -0.39 is 0 Å². The zero-order valence-electron chi connectivity index (χ0n) is 49.5. The van der Waals surface area contributed by atoms with Crippen molar-refractivity contribution >= 4 is 65.8 Å². The molecule has 6 heterocycles. The fourth-order valence-electron chi connectivity index (χ4n) is 11.8. The van der Waals surface area contributed by atoms with E-state index >= 15 is 0 Å². The second-order valence-electron chi connectivity index (χ2n) is 22.2. The molecule has 11 aromatic carbocycles. The molecule has 90 heavy (non-hydrogen) atoms. The van der Waals surface area contributed by atoms with Gasteiger partial charge in [-0.15, -0.1) is 0 Å². The number of furan rings is 3. The van der Waals surface area contributed by atoms with E-state index in [1.54, 1.807) is 0 Å². The van der Waals surface area contributed by atoms with Crippen molar-refractivity contribution in [1.82, 2.24) is 29.9 Å². The Hall–Kier alpha value is -11.9. The summed E-state index contributed by atoms with van der Waals surface area (Å²) in [5.41, 5.74) is 22.1. The Kier molecular flexibility index (Phi) is 14.4. The van der Waals surface area contributed by atoms with Crippen molar-refractivity contribution in [2.24, 2.45) is 0 Å². The van der Waals surface area contributed by atoms with Gasteiger partial charge in [0.05, 0.1) is 34.2 Å². The molecule has 6 aromatic heterocycles. The molecule has 428 valence electrons. The van der Waals surface area contributed by atoms with Crippen LogP contribution in [0.4, 0.5) is 0 Å². The lowest BCUT2D eigenvalue weighted by atomic mass is 10.0. The third-order valence-electron chi connectivity index (χ3n) is 16.2. The van der Waals surface area contributed by atoms with Crippen LogP contribution in [0.5, 0.6) is 0 Å². The fraction of sp³-hybridized carbons (Fsp3) is 0.0370. The highest BCUT2D eigenvalue weighted by molar-refractivity contribution is 6.08. The third-order valence-corrected chi connectivity index (χ3v) is 16.2. The van der Waals surface area contributed by atoms with E-state index in [0.29, 0.717) is 0 Å². The monoisotopic (exact) mass is 1160 g/mol. The van der Waals surface area contributed by atoms with Crippen LogP contribution < -0.4 is 0 Å². The van der Waals surface area contributed by atoms with Gasteiger partial charge >= 0.3 is 0 Å². The lowest BCUT2D eigenvalue weighted by Crippen LogP contribution is -1.95. The molecule has 9 nitrogen and oxygen atoms in total. The standard InChI is InChI=1S/2C29H20N2O.C23H16N2O/c1-19-30-26(22-11-7-10-21(16-22)20-8-3-2-4-9-20)18-27(31-19)23-14-15-29-25(17-23)24-12-5-6-13-28(24)32-29;1-19-30-26(22-13-11-21(12-14-22)20-7-3-2-4-8-20)18-27(31-19)23-15-16-29-25(17-23)24-9-5-6-10-28(24)32-29;1-15-24-20(16-7-3-2-4-8-16)14-21(25-15)17-11-12-23-19(13-17)18-9-5-6-10-22(18)26-23/h2*2-18H,1H3;2-14H,1H3. The van der Waals surface area contributed by atoms with Crippen LogP contribution in [0.3, 0.4) is 0 Å². The summed E-state index contributed by atoms with van der Waals surface area (Å²) in [5, 5.41) is 6.66. The molecular weight excluding hydrogens is 1100 g/mol. The summed E-state index contributed by atoms with van der Waals surface area (Å²) in [4.78, 5) is 28.2. The number of fused-ring (bicyclic) bond motifs is 9. The second kappa shape index (κ2) is 23.7. The predicted octanol–water partition coefficient (Wildman–Crippen LogP) is 21.4. The molecule has 0 N–H and O–H groups in total. The van der Waals surface area contributed by atoms with Crippen LogP contribution in [0.15, 0.2) is 298 Å². The molecule has 0 fully saturated rings. The van der Waals surface area contributed by atoms with Crippen molar-refractivity contribution in [2.45, 2.75) is 20.8 Å². The molecule has 0 bridgehead atoms. The molecule has 0 aliphatic rings. The Balaban J connectivity index is 0.000000113. The Morgan fingerprint density at radius 2 is 0.422 bits per heavy atom. The summed E-state index contributed by atoms with van der Waals surface area (Å²) in [5.74, 6) is 2.26. The van der Waals surface area contributed by atoms with E-state index in [9.17, 15) is 0 Å². The van der Waals surface area contributed by atoms with E-state index in [0.717, 1.165) is 151 Å². The van der Waals surface area contributed by atoms with Gasteiger partial charge < -0.3 is 13.3 Å². The number of hydrogen-bond acceptors (Lipinski definition) is 9. The van der Waals surface area contributed by atoms with Gasteiger partial charge in [0.2, 0.25) is 0 Å². The molecule has 0 aliphatic heterocycles. The van der Waals surface area contributed by atoms with Gasteiger partial charge in [-0.1, -0.05) is 188 Å². The minimum Gasteiger partial charge on any atom is -0.456 e. The van der Waals surface area contributed by atoms with Crippen LogP contribution in [-0.2, 0) is 0 Å². The smallest absolute Gasteiger partial charge is 0.135 e. The Morgan fingerprint density at radius 3 is 0.811 bits per heavy atom. The summed E-state index contributed by atoms with van der Waals surface area (Å²) in [6, 6.07) is 97.3. The summed E-state index contributed by atoms with van der Waals surface area (Å²) in [7, 11) is 0. The third kappa shape index (κ3) is 11.1. The molecule has 0 saturated carbocycles. The number of benzene rings is 11. The Morgan fingerprint density at radius 1 is 0.178 bits per heavy atom. The van der Waals surface area contributed by atoms with Crippen LogP contribution in [0, 0.1) is 20.8 Å². The van der Waals surface area contributed by atoms with Gasteiger partial charge in [0, 0.05) is 65.7 Å². The molecule has 0 radical (unpaired) electrons. The first-order chi connectivity index (χ1) is 44.3. The summed E-state index contributed by atoms with van der Waals surface area (Å²) in [6.45, 7) is 5.82. The molecular formula is C81H56N6O3. The first kappa shape index (κ1) is 54.7. The first-order valence-corrected chi connectivity index (χ1v) is 30.0. The van der Waals surface area contributed by atoms with Crippen LogP contribution in [0.1, 0.15) is 17.5 Å². The van der Waals surface area contributed by atoms with Crippen LogP contribution >= 0.6 is 0 Å². The van der Waals surface area contributed by atoms with E-state index in [-0.39, 0.29) is 0 Å². The number of nitrogens with zero attached hydrogens (tertiary/aromatic N) is 6. The summed E-state index contributed by atoms with van der Waals surface area (Å²) >= 11 is 0. The molecule has 0 aliphatic carbocycles. The fourth-order valence-corrected chi connectivity index (χ4v) is 11.8. The number of hydrogen-bond donors (Lipinski definition) is 0. The predicted molar refractivity (Wildman–Crippen MR) is 366 cm³/mol. The highest BCUT2D eigenvalue weighted by Crippen LogP contribution is 2.37. The quantitative estimate of drug-likeness (QED) is 0.147. The molecule has 17 rings (SSSR count). The van der Waals surface area contributed by atoms with E-state index in [1.807, 2.05) is 130 Å². The lowest BCUT2D eigenvalue weighted by molar-refractivity contribution is 0.668. The van der Waals surface area contributed by atoms with Crippen molar-refractivity contribution in [3.05, 3.63) is 303 Å². The zero-order chi connectivity index (χ0) is 60.5. The number of para-hydroxylation sites is 3. The van der Waals surface area contributed by atoms with Crippen LogP contribution in [-0.4, -0.2) is 29.9 Å². The molecule has 0 saturated heterocycles. The number of aryl methyl sites for hydroxylation is 3. The molecule has 9 heteroatoms. The summed E-state index contributed by atoms with van der Waals surface area (Å²) < 4.78 is 17.9. The normalized spacial score (nSPS) is 11.3. The molecule has 0 spiro atoms. The van der Waals surface area contributed by atoms with Crippen molar-refractivity contribution in [3.63, 3.8) is 0 Å². The van der Waals surface area contributed by atoms with E-state index in [4.69, 9.17) is 33.2 Å². The van der Waals surface area contributed by atoms with Gasteiger partial charge in [0.25, 0.3) is 0 Å². The zero-order valence-corrected chi connectivity index (χ0v) is 49.5. The van der Waals surface area contributed by atoms with Gasteiger partial charge in [-0.25, -0.2) is 29.9 Å². The van der Waals surface area contributed by atoms with Crippen molar-refractivity contribution in [1.29, 1.82) is 0 Å². The van der Waals surface area contributed by atoms with E-state index in [2.05, 4.69) is 186 Å². The van der Waals surface area contributed by atoms with E-state index in [1.165, 1.54) is 22.3 Å². The minimum atomic E-state index is 0.750. The second-order valence-corrected chi connectivity index (χ2v) is 22.2. The van der Waals surface area contributed by atoms with Gasteiger partial charge in [0.1, 0.15) is 51.0 Å². The number of rotatable bonds is 8. The molecule has 17 aromatic rings. The SMILES string of the molecule is Cc1nc(-c2ccc(-c3ccccc3)cc2)cc(-c2ccc3oc4ccccc4c3c2)n1.Cc1nc(-c2cccc(-c3ccccc3)c2)cc(-c2ccc3oc4ccccc4c3c2)n1.Cc1nc(-c2ccccc2)cc(-c2ccc3oc4ccccc4c3c2)n1. The molecule has 0 amide bonds. The average molecular weight is 1160 g/mol. The van der Waals surface area contributed by atoms with Gasteiger partial charge in [-0.05, 0) is 140 Å². The van der Waals surface area contributed by atoms with Crippen LogP contribution in [0.25, 0.3) is 156 Å². The van der Waals surface area contributed by atoms with Gasteiger partial charge in [0.15, 0.2) is 0 Å².